The van der Waals surface area contributed by atoms with Gasteiger partial charge in [-0.3, -0.25) is 14.9 Å². The number of fused-ring (bicyclic) bond motifs is 1. The van der Waals surface area contributed by atoms with Crippen LogP contribution in [0.5, 0.6) is 11.5 Å². The molecule has 1 aliphatic rings. The molecule has 0 saturated heterocycles. The molecule has 0 N–H and O–H groups in total. The fourth-order valence-electron chi connectivity index (χ4n) is 4.37. The van der Waals surface area contributed by atoms with E-state index in [0.717, 1.165) is 25.7 Å². The molecule has 1 saturated carbocycles. The molecule has 0 radical (unpaired) electrons. The van der Waals surface area contributed by atoms with Crippen molar-refractivity contribution in [1.82, 2.24) is 9.66 Å². The van der Waals surface area contributed by atoms with Gasteiger partial charge < -0.3 is 9.47 Å². The predicted molar refractivity (Wildman–Crippen MR) is 135 cm³/mol. The van der Waals surface area contributed by atoms with Crippen LogP contribution in [-0.2, 0) is 0 Å². The Hall–Kier alpha value is -4.01. The molecular formula is C26H28N4O5. The molecule has 1 fully saturated rings. The molecule has 35 heavy (non-hydrogen) atoms. The standard InChI is InChI=1S/C26H28N4O5/c1-3-14-35-24-22(30(32)33)15-18(16-23(24)34-4-2)17-27-29-25(19-10-6-5-7-11-19)28-21-13-9-8-12-20(21)26(29)31/h3,8-9,12-13,15-17,19H,1,4-7,10-11,14H2,2H3. The Bertz CT molecular complexity index is 1330. The quantitative estimate of drug-likeness (QED) is 0.182. The van der Waals surface area contributed by atoms with Crippen molar-refractivity contribution in [1.29, 1.82) is 0 Å². The molecule has 0 atom stereocenters. The Kier molecular flexibility index (Phi) is 7.54. The first-order valence-electron chi connectivity index (χ1n) is 11.8. The summed E-state index contributed by atoms with van der Waals surface area (Å²) in [5.74, 6) is 0.999. The zero-order valence-corrected chi connectivity index (χ0v) is 19.7. The highest BCUT2D eigenvalue weighted by molar-refractivity contribution is 5.83. The third-order valence-corrected chi connectivity index (χ3v) is 5.97. The summed E-state index contributed by atoms with van der Waals surface area (Å²) in [4.78, 5) is 29.4. The lowest BCUT2D eigenvalue weighted by atomic mass is 9.88. The Labute approximate surface area is 202 Å². The highest BCUT2D eigenvalue weighted by atomic mass is 16.6. The van der Waals surface area contributed by atoms with Crippen molar-refractivity contribution in [3.63, 3.8) is 0 Å². The second-order valence-electron chi connectivity index (χ2n) is 8.34. The van der Waals surface area contributed by atoms with Crippen molar-refractivity contribution in [2.75, 3.05) is 13.2 Å². The monoisotopic (exact) mass is 476 g/mol. The molecule has 3 aromatic rings. The van der Waals surface area contributed by atoms with Crippen LogP contribution in [-0.4, -0.2) is 34.0 Å². The largest absolute Gasteiger partial charge is 0.490 e. The summed E-state index contributed by atoms with van der Waals surface area (Å²) in [6.07, 6.45) is 8.13. The first-order valence-corrected chi connectivity index (χ1v) is 11.8. The van der Waals surface area contributed by atoms with Gasteiger partial charge in [0.25, 0.3) is 5.56 Å². The van der Waals surface area contributed by atoms with Gasteiger partial charge in [-0.1, -0.05) is 44.1 Å². The molecule has 9 heteroatoms. The van der Waals surface area contributed by atoms with Crippen LogP contribution in [0.3, 0.4) is 0 Å². The summed E-state index contributed by atoms with van der Waals surface area (Å²) >= 11 is 0. The topological polar surface area (TPSA) is 109 Å². The van der Waals surface area contributed by atoms with Gasteiger partial charge in [0.05, 0.1) is 28.6 Å². The van der Waals surface area contributed by atoms with Crippen LogP contribution in [0.1, 0.15) is 56.3 Å². The lowest BCUT2D eigenvalue weighted by Crippen LogP contribution is -2.25. The number of nitro groups is 1. The highest BCUT2D eigenvalue weighted by Gasteiger charge is 2.24. The fraction of sp³-hybridized carbons (Fsp3) is 0.346. The van der Waals surface area contributed by atoms with Gasteiger partial charge in [-0.15, -0.1) is 0 Å². The third-order valence-electron chi connectivity index (χ3n) is 5.97. The van der Waals surface area contributed by atoms with Crippen LogP contribution in [0.2, 0.25) is 0 Å². The molecule has 1 heterocycles. The van der Waals surface area contributed by atoms with E-state index in [2.05, 4.69) is 11.7 Å². The molecule has 0 unspecified atom stereocenters. The Morgan fingerprint density at radius 1 is 1.23 bits per heavy atom. The minimum Gasteiger partial charge on any atom is -0.490 e. The Morgan fingerprint density at radius 2 is 2.00 bits per heavy atom. The van der Waals surface area contributed by atoms with Crippen LogP contribution in [0.15, 0.2) is 58.9 Å². The summed E-state index contributed by atoms with van der Waals surface area (Å²) in [6, 6.07) is 10.2. The number of rotatable bonds is 9. The average molecular weight is 477 g/mol. The molecule has 1 aliphatic carbocycles. The van der Waals surface area contributed by atoms with Crippen molar-refractivity contribution < 1.29 is 14.4 Å². The molecule has 9 nitrogen and oxygen atoms in total. The van der Waals surface area contributed by atoms with Crippen molar-refractivity contribution >= 4 is 22.8 Å². The smallest absolute Gasteiger partial charge is 0.315 e. The van der Waals surface area contributed by atoms with Crippen molar-refractivity contribution in [3.8, 4) is 11.5 Å². The van der Waals surface area contributed by atoms with Gasteiger partial charge in [-0.05, 0) is 38.0 Å². The van der Waals surface area contributed by atoms with E-state index in [-0.39, 0.29) is 35.3 Å². The molecule has 4 rings (SSSR count). The van der Waals surface area contributed by atoms with Crippen LogP contribution in [0, 0.1) is 10.1 Å². The second kappa shape index (κ2) is 10.9. The predicted octanol–water partition coefficient (Wildman–Crippen LogP) is 5.20. The van der Waals surface area contributed by atoms with Crippen LogP contribution in [0.4, 0.5) is 5.69 Å². The van der Waals surface area contributed by atoms with Crippen molar-refractivity contribution in [2.24, 2.45) is 5.10 Å². The molecule has 1 aromatic heterocycles. The van der Waals surface area contributed by atoms with E-state index in [1.54, 1.807) is 25.1 Å². The van der Waals surface area contributed by atoms with E-state index in [4.69, 9.17) is 14.5 Å². The number of benzene rings is 2. The molecule has 0 spiro atoms. The SMILES string of the molecule is C=CCOc1c(OCC)cc(C=Nn2c(C3CCCCC3)nc3ccccc3c2=O)cc1[N+](=O)[O-]. The summed E-state index contributed by atoms with van der Waals surface area (Å²) in [5.41, 5.74) is 0.525. The van der Waals surface area contributed by atoms with Crippen molar-refractivity contribution in [3.05, 3.63) is 80.9 Å². The van der Waals surface area contributed by atoms with Gasteiger partial charge in [0.15, 0.2) is 5.75 Å². The highest BCUT2D eigenvalue weighted by Crippen LogP contribution is 2.38. The van der Waals surface area contributed by atoms with E-state index in [1.165, 1.54) is 29.5 Å². The van der Waals surface area contributed by atoms with Gasteiger partial charge in [0.1, 0.15) is 12.4 Å². The van der Waals surface area contributed by atoms with Gasteiger partial charge >= 0.3 is 5.69 Å². The summed E-state index contributed by atoms with van der Waals surface area (Å²) in [6.45, 7) is 5.75. The van der Waals surface area contributed by atoms with Gasteiger partial charge in [0.2, 0.25) is 5.75 Å². The normalized spacial score (nSPS) is 14.3. The maximum Gasteiger partial charge on any atom is 0.315 e. The maximum atomic E-state index is 13.4. The van der Waals surface area contributed by atoms with E-state index in [9.17, 15) is 14.9 Å². The summed E-state index contributed by atoms with van der Waals surface area (Å²) in [7, 11) is 0. The molecule has 0 bridgehead atoms. The van der Waals surface area contributed by atoms with Crippen molar-refractivity contribution in [2.45, 2.75) is 44.9 Å². The number of hydrogen-bond donors (Lipinski definition) is 0. The third kappa shape index (κ3) is 5.24. The maximum absolute atomic E-state index is 13.4. The molecular weight excluding hydrogens is 448 g/mol. The summed E-state index contributed by atoms with van der Waals surface area (Å²) in [5, 5.41) is 16.7. The summed E-state index contributed by atoms with van der Waals surface area (Å²) < 4.78 is 12.5. The molecule has 0 amide bonds. The van der Waals surface area contributed by atoms with Crippen LogP contribution >= 0.6 is 0 Å². The van der Waals surface area contributed by atoms with Crippen LogP contribution in [0.25, 0.3) is 10.9 Å². The average Bonchev–Trinajstić information content (AvgIpc) is 2.87. The Balaban J connectivity index is 1.83. The Morgan fingerprint density at radius 3 is 2.71 bits per heavy atom. The minimum atomic E-state index is -0.532. The number of nitro benzene ring substituents is 1. The molecule has 0 aliphatic heterocycles. The first kappa shape index (κ1) is 24.1. The van der Waals surface area contributed by atoms with E-state index in [1.807, 2.05) is 12.1 Å². The lowest BCUT2D eigenvalue weighted by Gasteiger charge is -2.22. The number of aromatic nitrogens is 2. The minimum absolute atomic E-state index is 0.0290. The molecule has 182 valence electrons. The zero-order chi connectivity index (χ0) is 24.8. The van der Waals surface area contributed by atoms with E-state index in [0.29, 0.717) is 28.9 Å². The van der Waals surface area contributed by atoms with Gasteiger partial charge in [-0.25, -0.2) is 4.98 Å². The number of hydrogen-bond acceptors (Lipinski definition) is 7. The fourth-order valence-corrected chi connectivity index (χ4v) is 4.37. The van der Waals surface area contributed by atoms with E-state index >= 15 is 0 Å². The number of para-hydroxylation sites is 1. The number of ether oxygens (including phenoxy) is 2. The van der Waals surface area contributed by atoms with Crippen LogP contribution < -0.4 is 15.0 Å². The first-order chi connectivity index (χ1) is 17.0. The van der Waals surface area contributed by atoms with Gasteiger partial charge in [0, 0.05) is 17.5 Å². The lowest BCUT2D eigenvalue weighted by molar-refractivity contribution is -0.385. The zero-order valence-electron chi connectivity index (χ0n) is 19.7. The number of nitrogens with zero attached hydrogens (tertiary/aromatic N) is 4. The van der Waals surface area contributed by atoms with E-state index < -0.39 is 4.92 Å². The van der Waals surface area contributed by atoms with Gasteiger partial charge in [-0.2, -0.15) is 9.78 Å². The molecule has 2 aromatic carbocycles. The second-order valence-corrected chi connectivity index (χ2v) is 8.34.